The molecule has 6 nitrogen and oxygen atoms in total. The fourth-order valence-electron chi connectivity index (χ4n) is 3.24. The van der Waals surface area contributed by atoms with E-state index in [-0.39, 0.29) is 5.91 Å². The average Bonchev–Trinajstić information content (AvgIpc) is 2.60. The molecule has 0 bridgehead atoms. The summed E-state index contributed by atoms with van der Waals surface area (Å²) < 4.78 is 11.8. The van der Waals surface area contributed by atoms with Crippen molar-refractivity contribution in [1.82, 2.24) is 9.88 Å². The molecule has 2 amide bonds. The minimum atomic E-state index is -2.00. The van der Waals surface area contributed by atoms with Crippen molar-refractivity contribution in [2.24, 2.45) is 0 Å². The number of amides is 2. The number of pyridine rings is 1. The molecule has 1 saturated heterocycles. The molecule has 1 aromatic rings. The third-order valence-corrected chi connectivity index (χ3v) is 9.59. The summed E-state index contributed by atoms with van der Waals surface area (Å²) in [5.74, 6) is -0.319. The lowest BCUT2D eigenvalue weighted by Crippen LogP contribution is -2.65. The Morgan fingerprint density at radius 2 is 1.85 bits per heavy atom. The molecule has 7 heteroatoms. The quantitative estimate of drug-likeness (QED) is 0.545. The Balaban J connectivity index is 2.32. The summed E-state index contributed by atoms with van der Waals surface area (Å²) in [7, 11) is -2.00. The van der Waals surface area contributed by atoms with E-state index in [9.17, 15) is 9.59 Å². The highest BCUT2D eigenvalue weighted by Crippen LogP contribution is 2.41. The van der Waals surface area contributed by atoms with Crippen molar-refractivity contribution in [3.05, 3.63) is 30.1 Å². The number of aromatic nitrogens is 1. The first-order valence-electron chi connectivity index (χ1n) is 9.31. The van der Waals surface area contributed by atoms with Gasteiger partial charge >= 0.3 is 6.09 Å². The van der Waals surface area contributed by atoms with E-state index in [1.54, 1.807) is 39.2 Å². The summed E-state index contributed by atoms with van der Waals surface area (Å²) in [5, 5.41) is 0. The Bertz CT molecular complexity index is 632. The van der Waals surface area contributed by atoms with Crippen LogP contribution in [0.2, 0.25) is 18.1 Å². The number of rotatable bonds is 6. The Morgan fingerprint density at radius 1 is 1.23 bits per heavy atom. The molecule has 0 unspecified atom stereocenters. The normalized spacial score (nSPS) is 20.7. The first-order chi connectivity index (χ1) is 12.2. The minimum absolute atomic E-state index is 0.319. The Hall–Kier alpha value is -1.73. The summed E-state index contributed by atoms with van der Waals surface area (Å²) >= 11 is 0. The summed E-state index contributed by atoms with van der Waals surface area (Å²) in [6.07, 6.45) is 2.07. The number of carbonyl (C=O) groups is 2. The van der Waals surface area contributed by atoms with Gasteiger partial charge in [-0.25, -0.2) is 9.69 Å². The molecule has 2 rings (SSSR count). The van der Waals surface area contributed by atoms with Gasteiger partial charge in [-0.05, 0) is 50.5 Å². The number of hydrogen-bond acceptors (Lipinski definition) is 5. The lowest BCUT2D eigenvalue weighted by molar-refractivity contribution is -0.162. The smallest absolute Gasteiger partial charge is 0.417 e. The van der Waals surface area contributed by atoms with Gasteiger partial charge in [0, 0.05) is 12.4 Å². The zero-order valence-electron chi connectivity index (χ0n) is 16.6. The second-order valence-electron chi connectivity index (χ2n) is 7.70. The van der Waals surface area contributed by atoms with Gasteiger partial charge in [-0.1, -0.05) is 26.8 Å². The number of carbonyl (C=O) groups excluding carboxylic acids is 2. The van der Waals surface area contributed by atoms with Crippen LogP contribution in [0.4, 0.5) is 4.79 Å². The molecular weight excluding hydrogens is 348 g/mol. The molecule has 0 aliphatic carbocycles. The summed E-state index contributed by atoms with van der Waals surface area (Å²) in [6, 6.07) is 6.00. The number of imide groups is 1. The zero-order chi connectivity index (χ0) is 19.5. The monoisotopic (exact) mass is 378 g/mol. The van der Waals surface area contributed by atoms with Gasteiger partial charge in [-0.3, -0.25) is 9.78 Å². The molecule has 144 valence electrons. The first kappa shape index (κ1) is 20.6. The van der Waals surface area contributed by atoms with E-state index >= 15 is 0 Å². The maximum atomic E-state index is 12.8. The standard InChI is InChI=1S/C19H30N2O4Si/c1-7-26(8-2,9-3)25-16-15(14-11-10-12-20-13-14)21(17(16)22)18(23)24-19(4,5)6/h10-13,15-16H,7-9H2,1-6H3/t15-,16+/m1/s1. The number of likely N-dealkylation sites (tertiary alicyclic amines) is 1. The number of β-lactam (4-membered cyclic amide) rings is 1. The maximum absolute atomic E-state index is 12.8. The Morgan fingerprint density at radius 3 is 2.31 bits per heavy atom. The molecule has 1 aliphatic heterocycles. The third-order valence-electron chi connectivity index (χ3n) is 4.97. The van der Waals surface area contributed by atoms with Crippen LogP contribution in [0, 0.1) is 0 Å². The van der Waals surface area contributed by atoms with E-state index in [1.165, 1.54) is 4.90 Å². The van der Waals surface area contributed by atoms with Crippen molar-refractivity contribution in [2.75, 3.05) is 0 Å². The second kappa shape index (κ2) is 7.88. The minimum Gasteiger partial charge on any atom is -0.443 e. The molecule has 0 N–H and O–H groups in total. The van der Waals surface area contributed by atoms with Gasteiger partial charge in [-0.15, -0.1) is 0 Å². The SMILES string of the molecule is CC[Si](CC)(CC)O[C@@H]1C(=O)N(C(=O)OC(C)(C)C)[C@@H]1c1cccnc1. The van der Waals surface area contributed by atoms with Crippen LogP contribution in [0.25, 0.3) is 0 Å². The topological polar surface area (TPSA) is 68.7 Å². The molecule has 26 heavy (non-hydrogen) atoms. The maximum Gasteiger partial charge on any atom is 0.417 e. The van der Waals surface area contributed by atoms with Crippen LogP contribution in [0.5, 0.6) is 0 Å². The number of nitrogens with zero attached hydrogens (tertiary/aromatic N) is 2. The van der Waals surface area contributed by atoms with Crippen molar-refractivity contribution in [2.45, 2.75) is 77.4 Å². The molecular formula is C19H30N2O4Si. The lowest BCUT2D eigenvalue weighted by Gasteiger charge is -2.48. The first-order valence-corrected chi connectivity index (χ1v) is 11.8. The lowest BCUT2D eigenvalue weighted by atomic mass is 9.92. The molecule has 0 aromatic carbocycles. The van der Waals surface area contributed by atoms with Crippen LogP contribution >= 0.6 is 0 Å². The summed E-state index contributed by atoms with van der Waals surface area (Å²) in [6.45, 7) is 11.7. The highest BCUT2D eigenvalue weighted by molar-refractivity contribution is 6.73. The third kappa shape index (κ3) is 4.15. The Kier molecular flexibility index (Phi) is 6.23. The molecule has 1 aromatic heterocycles. The summed E-state index contributed by atoms with van der Waals surface area (Å²) in [4.78, 5) is 30.7. The van der Waals surface area contributed by atoms with Gasteiger partial charge in [-0.2, -0.15) is 0 Å². The molecule has 2 heterocycles. The zero-order valence-corrected chi connectivity index (χ0v) is 17.6. The molecule has 1 fully saturated rings. The van der Waals surface area contributed by atoms with Crippen molar-refractivity contribution >= 4 is 20.3 Å². The van der Waals surface area contributed by atoms with E-state index in [0.29, 0.717) is 0 Å². The van der Waals surface area contributed by atoms with Crippen LogP contribution in [0.15, 0.2) is 24.5 Å². The molecule has 0 radical (unpaired) electrons. The van der Waals surface area contributed by atoms with Gasteiger partial charge in [0.2, 0.25) is 0 Å². The van der Waals surface area contributed by atoms with Crippen LogP contribution in [-0.4, -0.2) is 41.9 Å². The molecule has 0 spiro atoms. The van der Waals surface area contributed by atoms with E-state index in [4.69, 9.17) is 9.16 Å². The molecule has 2 atom stereocenters. The van der Waals surface area contributed by atoms with Gasteiger partial charge in [0.05, 0.1) is 0 Å². The molecule has 1 aliphatic rings. The van der Waals surface area contributed by atoms with Gasteiger partial charge in [0.25, 0.3) is 5.91 Å². The van der Waals surface area contributed by atoms with Crippen LogP contribution < -0.4 is 0 Å². The van der Waals surface area contributed by atoms with Gasteiger partial charge in [0.15, 0.2) is 14.4 Å². The highest BCUT2D eigenvalue weighted by Gasteiger charge is 2.56. The van der Waals surface area contributed by atoms with Crippen molar-refractivity contribution in [1.29, 1.82) is 0 Å². The average molecular weight is 379 g/mol. The van der Waals surface area contributed by atoms with Crippen molar-refractivity contribution in [3.8, 4) is 0 Å². The van der Waals surface area contributed by atoms with E-state index in [1.807, 2.05) is 6.07 Å². The molecule has 0 saturated carbocycles. The van der Waals surface area contributed by atoms with Crippen molar-refractivity contribution in [3.63, 3.8) is 0 Å². The second-order valence-corrected chi connectivity index (χ2v) is 12.4. The fraction of sp³-hybridized carbons (Fsp3) is 0.632. The fourth-order valence-corrected chi connectivity index (χ4v) is 6.00. The van der Waals surface area contributed by atoms with E-state index in [0.717, 1.165) is 23.7 Å². The van der Waals surface area contributed by atoms with Gasteiger partial charge < -0.3 is 9.16 Å². The van der Waals surface area contributed by atoms with Crippen LogP contribution in [0.1, 0.15) is 53.1 Å². The number of hydrogen-bond donors (Lipinski definition) is 0. The van der Waals surface area contributed by atoms with Crippen molar-refractivity contribution < 1.29 is 18.8 Å². The predicted molar refractivity (Wildman–Crippen MR) is 102 cm³/mol. The van der Waals surface area contributed by atoms with Crippen LogP contribution in [0.3, 0.4) is 0 Å². The predicted octanol–water partition coefficient (Wildman–Crippen LogP) is 4.29. The summed E-state index contributed by atoms with van der Waals surface area (Å²) in [5.41, 5.74) is 0.117. The number of ether oxygens (including phenoxy) is 1. The largest absolute Gasteiger partial charge is 0.443 e. The van der Waals surface area contributed by atoms with E-state index in [2.05, 4.69) is 25.8 Å². The Labute approximate surface area is 157 Å². The van der Waals surface area contributed by atoms with Crippen LogP contribution in [-0.2, 0) is 14.0 Å². The highest BCUT2D eigenvalue weighted by atomic mass is 28.4. The van der Waals surface area contributed by atoms with E-state index < -0.39 is 32.2 Å². The van der Waals surface area contributed by atoms with Gasteiger partial charge in [0.1, 0.15) is 11.6 Å².